The van der Waals surface area contributed by atoms with Crippen molar-refractivity contribution in [2.75, 3.05) is 0 Å². The molecule has 3 aromatic rings. The molecule has 0 aliphatic rings. The highest BCUT2D eigenvalue weighted by molar-refractivity contribution is 9.10. The highest BCUT2D eigenvalue weighted by Gasteiger charge is 2.02. The molecule has 0 aliphatic carbocycles. The standard InChI is InChI=1S/C22H20BrNO/c1-16-7-12-21(17(2)13-16)24-14-19-5-3-4-6-22(19)25-15-18-8-10-20(23)11-9-18/h3-14H,15H2,1-2H3. The number of aliphatic imine (C=N–C) groups is 1. The Kier molecular flexibility index (Phi) is 5.67. The maximum absolute atomic E-state index is 5.99. The zero-order valence-corrected chi connectivity index (χ0v) is 16.0. The van der Waals surface area contributed by atoms with Crippen LogP contribution in [0.15, 0.2) is 76.2 Å². The molecular formula is C22H20BrNO. The van der Waals surface area contributed by atoms with Gasteiger partial charge in [0.05, 0.1) is 5.69 Å². The zero-order chi connectivity index (χ0) is 17.6. The second kappa shape index (κ2) is 8.13. The summed E-state index contributed by atoms with van der Waals surface area (Å²) in [4.78, 5) is 4.63. The van der Waals surface area contributed by atoms with Gasteiger partial charge in [0.1, 0.15) is 12.4 Å². The first-order valence-electron chi connectivity index (χ1n) is 8.19. The summed E-state index contributed by atoms with van der Waals surface area (Å²) in [5, 5.41) is 0. The van der Waals surface area contributed by atoms with Crippen LogP contribution >= 0.6 is 15.9 Å². The molecule has 0 aromatic heterocycles. The minimum absolute atomic E-state index is 0.529. The van der Waals surface area contributed by atoms with Crippen molar-refractivity contribution in [3.63, 3.8) is 0 Å². The summed E-state index contributed by atoms with van der Waals surface area (Å²) < 4.78 is 7.06. The summed E-state index contributed by atoms with van der Waals surface area (Å²) >= 11 is 3.45. The lowest BCUT2D eigenvalue weighted by Crippen LogP contribution is -1.98. The van der Waals surface area contributed by atoms with E-state index in [0.717, 1.165) is 27.0 Å². The molecule has 0 bridgehead atoms. The lowest BCUT2D eigenvalue weighted by atomic mass is 10.1. The minimum Gasteiger partial charge on any atom is -0.488 e. The van der Waals surface area contributed by atoms with Crippen molar-refractivity contribution in [2.24, 2.45) is 4.99 Å². The number of nitrogens with zero attached hydrogens (tertiary/aromatic N) is 1. The van der Waals surface area contributed by atoms with Crippen LogP contribution in [0.2, 0.25) is 0 Å². The fourth-order valence-electron chi connectivity index (χ4n) is 2.55. The van der Waals surface area contributed by atoms with Crippen LogP contribution in [0.25, 0.3) is 0 Å². The lowest BCUT2D eigenvalue weighted by molar-refractivity contribution is 0.306. The quantitative estimate of drug-likeness (QED) is 0.459. The molecule has 3 aromatic carbocycles. The largest absolute Gasteiger partial charge is 0.488 e. The average Bonchev–Trinajstić information content (AvgIpc) is 2.61. The number of ether oxygens (including phenoxy) is 1. The van der Waals surface area contributed by atoms with E-state index in [1.54, 1.807) is 0 Å². The van der Waals surface area contributed by atoms with Gasteiger partial charge in [-0.25, -0.2) is 0 Å². The number of hydrogen-bond donors (Lipinski definition) is 0. The average molecular weight is 394 g/mol. The number of aryl methyl sites for hydroxylation is 2. The molecule has 0 N–H and O–H groups in total. The third-order valence-corrected chi connectivity index (χ3v) is 4.45. The third-order valence-electron chi connectivity index (χ3n) is 3.92. The van der Waals surface area contributed by atoms with Crippen molar-refractivity contribution in [2.45, 2.75) is 20.5 Å². The maximum atomic E-state index is 5.99. The number of benzene rings is 3. The minimum atomic E-state index is 0.529. The first kappa shape index (κ1) is 17.4. The predicted octanol–water partition coefficient (Wildman–Crippen LogP) is 6.40. The first-order valence-corrected chi connectivity index (χ1v) is 8.99. The van der Waals surface area contributed by atoms with Gasteiger partial charge in [0.15, 0.2) is 0 Å². The van der Waals surface area contributed by atoms with Gasteiger partial charge in [-0.05, 0) is 55.3 Å². The van der Waals surface area contributed by atoms with Gasteiger partial charge in [-0.2, -0.15) is 0 Å². The molecule has 0 saturated carbocycles. The Labute approximate surface area is 157 Å². The van der Waals surface area contributed by atoms with E-state index in [0.29, 0.717) is 6.61 Å². The molecule has 25 heavy (non-hydrogen) atoms. The summed E-state index contributed by atoms with van der Waals surface area (Å²) in [6.45, 7) is 4.70. The Hall–Kier alpha value is -2.39. The van der Waals surface area contributed by atoms with Gasteiger partial charge in [0, 0.05) is 16.3 Å². The Morgan fingerprint density at radius 3 is 2.48 bits per heavy atom. The highest BCUT2D eigenvalue weighted by Crippen LogP contribution is 2.22. The van der Waals surface area contributed by atoms with Gasteiger partial charge in [0.25, 0.3) is 0 Å². The highest BCUT2D eigenvalue weighted by atomic mass is 79.9. The molecular weight excluding hydrogens is 374 g/mol. The Morgan fingerprint density at radius 1 is 0.960 bits per heavy atom. The van der Waals surface area contributed by atoms with Crippen molar-refractivity contribution < 1.29 is 4.74 Å². The summed E-state index contributed by atoms with van der Waals surface area (Å²) in [5.41, 5.74) is 5.50. The van der Waals surface area contributed by atoms with Crippen LogP contribution < -0.4 is 4.74 Å². The Bertz CT molecular complexity index is 885. The van der Waals surface area contributed by atoms with Crippen LogP contribution in [-0.4, -0.2) is 6.21 Å². The monoisotopic (exact) mass is 393 g/mol. The van der Waals surface area contributed by atoms with Crippen molar-refractivity contribution in [3.8, 4) is 5.75 Å². The summed E-state index contributed by atoms with van der Waals surface area (Å²) in [6, 6.07) is 22.4. The number of para-hydroxylation sites is 1. The smallest absolute Gasteiger partial charge is 0.128 e. The number of hydrogen-bond acceptors (Lipinski definition) is 2. The lowest BCUT2D eigenvalue weighted by Gasteiger charge is -2.09. The van der Waals surface area contributed by atoms with E-state index in [9.17, 15) is 0 Å². The van der Waals surface area contributed by atoms with Crippen LogP contribution in [0.3, 0.4) is 0 Å². The van der Waals surface area contributed by atoms with Crippen molar-refractivity contribution in [1.82, 2.24) is 0 Å². The normalized spacial score (nSPS) is 11.0. The van der Waals surface area contributed by atoms with Crippen molar-refractivity contribution in [1.29, 1.82) is 0 Å². The van der Waals surface area contributed by atoms with Crippen molar-refractivity contribution in [3.05, 3.63) is 93.5 Å². The fourth-order valence-corrected chi connectivity index (χ4v) is 2.81. The van der Waals surface area contributed by atoms with Gasteiger partial charge in [-0.1, -0.05) is 57.9 Å². The van der Waals surface area contributed by atoms with Gasteiger partial charge in [-0.15, -0.1) is 0 Å². The van der Waals surface area contributed by atoms with E-state index in [2.05, 4.69) is 59.0 Å². The molecule has 0 fully saturated rings. The Balaban J connectivity index is 1.76. The molecule has 3 heteroatoms. The third kappa shape index (κ3) is 4.80. The van der Waals surface area contributed by atoms with Crippen LogP contribution in [0, 0.1) is 13.8 Å². The molecule has 0 saturated heterocycles. The number of rotatable bonds is 5. The van der Waals surface area contributed by atoms with Gasteiger partial charge in [0.2, 0.25) is 0 Å². The molecule has 0 heterocycles. The molecule has 0 spiro atoms. The molecule has 0 atom stereocenters. The first-order chi connectivity index (χ1) is 12.1. The number of halogens is 1. The molecule has 126 valence electrons. The fraction of sp³-hybridized carbons (Fsp3) is 0.136. The van der Waals surface area contributed by atoms with Crippen LogP contribution in [0.5, 0.6) is 5.75 Å². The second-order valence-corrected chi connectivity index (χ2v) is 6.92. The summed E-state index contributed by atoms with van der Waals surface area (Å²) in [5.74, 6) is 0.832. The molecule has 0 amide bonds. The maximum Gasteiger partial charge on any atom is 0.128 e. The van der Waals surface area contributed by atoms with E-state index >= 15 is 0 Å². The molecule has 2 nitrogen and oxygen atoms in total. The molecule has 3 rings (SSSR count). The Morgan fingerprint density at radius 2 is 1.72 bits per heavy atom. The SMILES string of the molecule is Cc1ccc(N=Cc2ccccc2OCc2ccc(Br)cc2)c(C)c1. The molecule has 0 unspecified atom stereocenters. The van der Waals surface area contributed by atoms with Gasteiger partial charge < -0.3 is 4.74 Å². The molecule has 0 aliphatic heterocycles. The topological polar surface area (TPSA) is 21.6 Å². The second-order valence-electron chi connectivity index (χ2n) is 6.00. The predicted molar refractivity (Wildman–Crippen MR) is 108 cm³/mol. The van der Waals surface area contributed by atoms with Crippen molar-refractivity contribution >= 4 is 27.8 Å². The van der Waals surface area contributed by atoms with Crippen LogP contribution in [0.1, 0.15) is 22.3 Å². The van der Waals surface area contributed by atoms with Crippen LogP contribution in [0.4, 0.5) is 5.69 Å². The van der Waals surface area contributed by atoms with Gasteiger partial charge in [-0.3, -0.25) is 4.99 Å². The van der Waals surface area contributed by atoms with E-state index in [1.807, 2.05) is 48.7 Å². The summed E-state index contributed by atoms with van der Waals surface area (Å²) in [7, 11) is 0. The van der Waals surface area contributed by atoms with E-state index in [-0.39, 0.29) is 0 Å². The van der Waals surface area contributed by atoms with E-state index < -0.39 is 0 Å². The van der Waals surface area contributed by atoms with E-state index in [4.69, 9.17) is 4.74 Å². The molecule has 0 radical (unpaired) electrons. The van der Waals surface area contributed by atoms with Crippen LogP contribution in [-0.2, 0) is 6.61 Å². The zero-order valence-electron chi connectivity index (χ0n) is 14.4. The summed E-state index contributed by atoms with van der Waals surface area (Å²) in [6.07, 6.45) is 1.87. The van der Waals surface area contributed by atoms with E-state index in [1.165, 1.54) is 11.1 Å². The van der Waals surface area contributed by atoms with Gasteiger partial charge >= 0.3 is 0 Å².